The SMILES string of the molecule is CC(C)(C)c1cc(C(C)(CC(=O)O)c2ccc(O)c(C(C)(C)C)c2)ccc1O.CC(C)(C)c1cc(C(C)(CC(=O)O)c2ccc(O)c(C(C)(C)C)c2)ccc1O. The highest BCUT2D eigenvalue weighted by molar-refractivity contribution is 5.72. The number of phenolic OH excluding ortho intramolecular Hbond substituents is 4. The van der Waals surface area contributed by atoms with E-state index in [9.17, 15) is 40.2 Å². The maximum Gasteiger partial charge on any atom is 0.304 e. The van der Waals surface area contributed by atoms with Gasteiger partial charge in [0, 0.05) is 10.8 Å². The Morgan fingerprint density at radius 1 is 0.375 bits per heavy atom. The van der Waals surface area contributed by atoms with Crippen molar-refractivity contribution in [2.75, 3.05) is 0 Å². The summed E-state index contributed by atoms with van der Waals surface area (Å²) in [6, 6.07) is 21.3. The van der Waals surface area contributed by atoms with Crippen LogP contribution in [0, 0.1) is 0 Å². The average molecular weight is 769 g/mol. The average Bonchev–Trinajstić information content (AvgIpc) is 3.02. The third kappa shape index (κ3) is 10.2. The number of benzene rings is 4. The zero-order valence-corrected chi connectivity index (χ0v) is 35.8. The van der Waals surface area contributed by atoms with Crippen LogP contribution in [-0.2, 0) is 42.1 Å². The first-order valence-corrected chi connectivity index (χ1v) is 19.1. The number of phenols is 4. The van der Waals surface area contributed by atoms with Crippen LogP contribution in [0.25, 0.3) is 0 Å². The van der Waals surface area contributed by atoms with E-state index in [1.807, 2.05) is 121 Å². The van der Waals surface area contributed by atoms with E-state index in [0.717, 1.165) is 44.5 Å². The van der Waals surface area contributed by atoms with Gasteiger partial charge in [-0.3, -0.25) is 9.59 Å². The third-order valence-electron chi connectivity index (χ3n) is 10.8. The topological polar surface area (TPSA) is 156 Å². The molecule has 0 bridgehead atoms. The molecule has 0 heterocycles. The molecular formula is C48H64O8. The van der Waals surface area contributed by atoms with Crippen LogP contribution in [-0.4, -0.2) is 42.6 Å². The molecule has 8 heteroatoms. The van der Waals surface area contributed by atoms with Crippen LogP contribution in [0.3, 0.4) is 0 Å². The van der Waals surface area contributed by atoms with Crippen LogP contribution in [0.4, 0.5) is 0 Å². The fourth-order valence-electron chi connectivity index (χ4n) is 7.27. The summed E-state index contributed by atoms with van der Waals surface area (Å²) in [5.74, 6) is -0.994. The fraction of sp³-hybridized carbons (Fsp3) is 0.458. The Morgan fingerprint density at radius 2 is 0.554 bits per heavy atom. The Kier molecular flexibility index (Phi) is 12.9. The maximum atomic E-state index is 11.8. The quantitative estimate of drug-likeness (QED) is 0.103. The van der Waals surface area contributed by atoms with E-state index in [2.05, 4.69) is 0 Å². The zero-order valence-electron chi connectivity index (χ0n) is 35.8. The molecule has 0 aliphatic heterocycles. The third-order valence-corrected chi connectivity index (χ3v) is 10.8. The highest BCUT2D eigenvalue weighted by Gasteiger charge is 2.36. The van der Waals surface area contributed by atoms with Crippen molar-refractivity contribution < 1.29 is 40.2 Å². The van der Waals surface area contributed by atoms with Crippen LogP contribution in [0.5, 0.6) is 23.0 Å². The molecule has 304 valence electrons. The molecule has 4 aromatic carbocycles. The Balaban J connectivity index is 0.000000300. The van der Waals surface area contributed by atoms with Gasteiger partial charge in [0.15, 0.2) is 0 Å². The van der Waals surface area contributed by atoms with Crippen molar-refractivity contribution in [3.63, 3.8) is 0 Å². The molecule has 0 saturated carbocycles. The molecule has 0 spiro atoms. The number of hydrogen-bond acceptors (Lipinski definition) is 6. The molecule has 4 aromatic rings. The van der Waals surface area contributed by atoms with Gasteiger partial charge in [-0.1, -0.05) is 145 Å². The van der Waals surface area contributed by atoms with Crippen LogP contribution >= 0.6 is 0 Å². The highest BCUT2D eigenvalue weighted by Crippen LogP contribution is 2.44. The Hall–Kier alpha value is -4.98. The van der Waals surface area contributed by atoms with Crippen molar-refractivity contribution in [2.45, 2.75) is 142 Å². The van der Waals surface area contributed by atoms with Crippen LogP contribution in [0.2, 0.25) is 0 Å². The lowest BCUT2D eigenvalue weighted by molar-refractivity contribution is -0.139. The molecule has 0 radical (unpaired) electrons. The van der Waals surface area contributed by atoms with Crippen LogP contribution in [0.15, 0.2) is 72.8 Å². The van der Waals surface area contributed by atoms with E-state index in [1.54, 1.807) is 48.5 Å². The van der Waals surface area contributed by atoms with Gasteiger partial charge in [0.05, 0.1) is 12.8 Å². The number of carboxylic acids is 2. The summed E-state index contributed by atoms with van der Waals surface area (Å²) in [5.41, 5.74) is 3.63. The van der Waals surface area contributed by atoms with Gasteiger partial charge in [-0.25, -0.2) is 0 Å². The first-order valence-electron chi connectivity index (χ1n) is 19.1. The molecule has 0 fully saturated rings. The summed E-state index contributed by atoms with van der Waals surface area (Å²) in [4.78, 5) is 23.5. The first-order chi connectivity index (χ1) is 25.3. The van der Waals surface area contributed by atoms with E-state index in [0.29, 0.717) is 0 Å². The molecule has 0 saturated heterocycles. The van der Waals surface area contributed by atoms with Crippen molar-refractivity contribution in [1.82, 2.24) is 0 Å². The Labute approximate surface area is 333 Å². The molecule has 6 N–H and O–H groups in total. The second-order valence-electron chi connectivity index (χ2n) is 19.7. The minimum Gasteiger partial charge on any atom is -0.508 e. The number of aliphatic carboxylic acids is 2. The summed E-state index contributed by atoms with van der Waals surface area (Å²) in [6.45, 7) is 28.0. The molecule has 0 aromatic heterocycles. The first kappa shape index (κ1) is 45.4. The number of carboxylic acid groups (broad SMARTS) is 2. The second kappa shape index (κ2) is 15.9. The van der Waals surface area contributed by atoms with Crippen molar-refractivity contribution in [1.29, 1.82) is 0 Å². The van der Waals surface area contributed by atoms with E-state index in [-0.39, 0.29) is 57.5 Å². The van der Waals surface area contributed by atoms with Gasteiger partial charge >= 0.3 is 11.9 Å². The van der Waals surface area contributed by atoms with E-state index < -0.39 is 22.8 Å². The smallest absolute Gasteiger partial charge is 0.304 e. The Bertz CT molecular complexity index is 1790. The summed E-state index contributed by atoms with van der Waals surface area (Å²) in [7, 11) is 0. The highest BCUT2D eigenvalue weighted by atomic mass is 16.4. The van der Waals surface area contributed by atoms with E-state index in [4.69, 9.17) is 0 Å². The largest absolute Gasteiger partial charge is 0.508 e. The van der Waals surface area contributed by atoms with Crippen LogP contribution < -0.4 is 0 Å². The fourth-order valence-corrected chi connectivity index (χ4v) is 7.27. The van der Waals surface area contributed by atoms with Gasteiger partial charge in [-0.05, 0) is 90.4 Å². The van der Waals surface area contributed by atoms with Gasteiger partial charge in [-0.15, -0.1) is 0 Å². The monoisotopic (exact) mass is 768 g/mol. The summed E-state index contributed by atoms with van der Waals surface area (Å²) in [6.07, 6.45) is -0.203. The second-order valence-corrected chi connectivity index (χ2v) is 19.7. The predicted octanol–water partition coefficient (Wildman–Crippen LogP) is 10.9. The minimum atomic E-state index is -0.904. The number of carbonyl (C=O) groups is 2. The van der Waals surface area contributed by atoms with Crippen molar-refractivity contribution in [3.05, 3.63) is 117 Å². The molecule has 4 rings (SSSR count). The standard InChI is InChI=1S/2C24H32O4/c2*1-22(2,3)17-12-15(8-10-19(17)25)24(7,14-21(27)28)16-9-11-20(26)18(13-16)23(4,5)6/h2*8-13,25-26H,14H2,1-7H3,(H,27,28). The van der Waals surface area contributed by atoms with Gasteiger partial charge in [-0.2, -0.15) is 0 Å². The number of aromatic hydroxyl groups is 4. The van der Waals surface area contributed by atoms with Gasteiger partial charge in [0.2, 0.25) is 0 Å². The molecule has 8 nitrogen and oxygen atoms in total. The molecular weight excluding hydrogens is 705 g/mol. The summed E-state index contributed by atoms with van der Waals surface area (Å²) >= 11 is 0. The lowest BCUT2D eigenvalue weighted by Crippen LogP contribution is -2.28. The molecule has 0 aliphatic rings. The van der Waals surface area contributed by atoms with Crippen LogP contribution in [0.1, 0.15) is 154 Å². The predicted molar refractivity (Wildman–Crippen MR) is 225 cm³/mol. The Morgan fingerprint density at radius 3 is 0.696 bits per heavy atom. The van der Waals surface area contributed by atoms with Gasteiger partial charge < -0.3 is 30.6 Å². The minimum absolute atomic E-state index is 0.101. The summed E-state index contributed by atoms with van der Waals surface area (Å²) in [5, 5.41) is 60.6. The summed E-state index contributed by atoms with van der Waals surface area (Å²) < 4.78 is 0. The van der Waals surface area contributed by atoms with Gasteiger partial charge in [0.1, 0.15) is 23.0 Å². The molecule has 0 atom stereocenters. The molecule has 56 heavy (non-hydrogen) atoms. The number of rotatable bonds is 8. The zero-order chi connectivity index (χ0) is 43.0. The van der Waals surface area contributed by atoms with E-state index >= 15 is 0 Å². The van der Waals surface area contributed by atoms with E-state index in [1.165, 1.54) is 0 Å². The van der Waals surface area contributed by atoms with Crippen molar-refractivity contribution in [2.24, 2.45) is 0 Å². The number of hydrogen-bond donors (Lipinski definition) is 6. The van der Waals surface area contributed by atoms with Gasteiger partial charge in [0.25, 0.3) is 0 Å². The lowest BCUT2D eigenvalue weighted by Gasteiger charge is -2.33. The van der Waals surface area contributed by atoms with Crippen molar-refractivity contribution >= 4 is 11.9 Å². The molecule has 0 aliphatic carbocycles. The van der Waals surface area contributed by atoms with Crippen molar-refractivity contribution in [3.8, 4) is 23.0 Å². The molecule has 0 amide bonds. The normalized spacial score (nSPS) is 12.8. The lowest BCUT2D eigenvalue weighted by atomic mass is 9.70. The molecule has 0 unspecified atom stereocenters. The maximum absolute atomic E-state index is 11.8.